The van der Waals surface area contributed by atoms with Crippen molar-refractivity contribution in [2.24, 2.45) is 0 Å². The quantitative estimate of drug-likeness (QED) is 0.654. The Balaban J connectivity index is 1.55. The molecule has 158 valence electrons. The van der Waals surface area contributed by atoms with Gasteiger partial charge in [0.05, 0.1) is 16.9 Å². The predicted octanol–water partition coefficient (Wildman–Crippen LogP) is 2.89. The summed E-state index contributed by atoms with van der Waals surface area (Å²) in [6.45, 7) is 2.64. The lowest BCUT2D eigenvalue weighted by Crippen LogP contribution is -2.47. The molecule has 4 rings (SSSR count). The van der Waals surface area contributed by atoms with E-state index in [2.05, 4.69) is 25.1 Å². The molecule has 2 aromatic carbocycles. The number of hydrogen-bond acceptors (Lipinski definition) is 6. The van der Waals surface area contributed by atoms with Crippen molar-refractivity contribution in [3.8, 4) is 0 Å². The fourth-order valence-electron chi connectivity index (χ4n) is 3.44. The maximum Gasteiger partial charge on any atom is 0.335 e. The summed E-state index contributed by atoms with van der Waals surface area (Å²) in [4.78, 5) is 36.8. The van der Waals surface area contributed by atoms with Gasteiger partial charge in [0.1, 0.15) is 5.82 Å². The van der Waals surface area contributed by atoms with Gasteiger partial charge in [-0.2, -0.15) is 0 Å². The molecule has 0 radical (unpaired) electrons. The summed E-state index contributed by atoms with van der Waals surface area (Å²) in [6.07, 6.45) is 3.39. The van der Waals surface area contributed by atoms with E-state index >= 15 is 0 Å². The molecular weight excluding hydrogens is 401 g/mol. The average Bonchev–Trinajstić information content (AvgIpc) is 2.80. The molecule has 1 aliphatic rings. The van der Waals surface area contributed by atoms with Gasteiger partial charge in [0.15, 0.2) is 0 Å². The number of anilines is 3. The highest BCUT2D eigenvalue weighted by atomic mass is 19.1. The fourth-order valence-corrected chi connectivity index (χ4v) is 3.44. The normalized spacial score (nSPS) is 13.7. The number of carbonyl (C=O) groups is 2. The highest BCUT2D eigenvalue weighted by Crippen LogP contribution is 2.29. The van der Waals surface area contributed by atoms with Crippen LogP contribution in [0.15, 0.2) is 60.9 Å². The minimum Gasteiger partial charge on any atom is -0.478 e. The molecule has 1 aliphatic heterocycles. The van der Waals surface area contributed by atoms with Crippen LogP contribution in [0.4, 0.5) is 21.7 Å². The molecular formula is C22H20FN5O3. The first kappa shape index (κ1) is 20.3. The van der Waals surface area contributed by atoms with Crippen LogP contribution < -0.4 is 15.1 Å². The van der Waals surface area contributed by atoms with Gasteiger partial charge in [0, 0.05) is 44.1 Å². The van der Waals surface area contributed by atoms with Gasteiger partial charge in [0.2, 0.25) is 5.95 Å². The molecule has 2 heterocycles. The molecule has 2 N–H and O–H groups in total. The van der Waals surface area contributed by atoms with E-state index in [0.717, 1.165) is 0 Å². The summed E-state index contributed by atoms with van der Waals surface area (Å²) in [5.74, 6) is -1.31. The Bertz CT molecular complexity index is 1080. The van der Waals surface area contributed by atoms with Crippen LogP contribution in [0.1, 0.15) is 20.7 Å². The van der Waals surface area contributed by atoms with E-state index in [1.54, 1.807) is 24.5 Å². The van der Waals surface area contributed by atoms with Gasteiger partial charge in [-0.25, -0.2) is 19.2 Å². The second-order valence-electron chi connectivity index (χ2n) is 7.02. The van der Waals surface area contributed by atoms with Gasteiger partial charge < -0.3 is 20.2 Å². The van der Waals surface area contributed by atoms with Crippen LogP contribution in [-0.4, -0.2) is 53.1 Å². The molecule has 3 aromatic rings. The van der Waals surface area contributed by atoms with Crippen molar-refractivity contribution in [2.75, 3.05) is 41.3 Å². The molecule has 0 aliphatic carbocycles. The van der Waals surface area contributed by atoms with Crippen molar-refractivity contribution < 1.29 is 19.1 Å². The van der Waals surface area contributed by atoms with Crippen LogP contribution in [0.5, 0.6) is 0 Å². The van der Waals surface area contributed by atoms with Crippen molar-refractivity contribution >= 4 is 29.2 Å². The van der Waals surface area contributed by atoms with Crippen molar-refractivity contribution in [3.63, 3.8) is 0 Å². The van der Waals surface area contributed by atoms with E-state index < -0.39 is 17.7 Å². The summed E-state index contributed by atoms with van der Waals surface area (Å²) in [7, 11) is 0. The number of carbonyl (C=O) groups excluding carboxylic acids is 1. The highest BCUT2D eigenvalue weighted by molar-refractivity contribution is 6.06. The number of piperazine rings is 1. The van der Waals surface area contributed by atoms with E-state index in [1.807, 2.05) is 0 Å². The standard InChI is InChI=1S/C22H20FN5O3/c23-17-5-2-15(3-6-17)20(29)26-18-14-16(21(30)31)4-7-19(18)27-10-12-28(13-11-27)22-24-8-1-9-25-22/h1-9,14H,10-13H2,(H,26,29)(H,30,31). The number of hydrogen-bond donors (Lipinski definition) is 2. The van der Waals surface area contributed by atoms with Crippen molar-refractivity contribution in [2.45, 2.75) is 0 Å². The number of aromatic nitrogens is 2. The Hall–Kier alpha value is -4.01. The smallest absolute Gasteiger partial charge is 0.335 e. The van der Waals surface area contributed by atoms with Gasteiger partial charge in [0.25, 0.3) is 5.91 Å². The lowest BCUT2D eigenvalue weighted by molar-refractivity contribution is 0.0696. The van der Waals surface area contributed by atoms with Crippen LogP contribution in [0.25, 0.3) is 0 Å². The summed E-state index contributed by atoms with van der Waals surface area (Å²) in [5.41, 5.74) is 1.45. The second-order valence-corrected chi connectivity index (χ2v) is 7.02. The van der Waals surface area contributed by atoms with E-state index in [1.165, 1.54) is 36.4 Å². The number of benzene rings is 2. The van der Waals surface area contributed by atoms with Crippen LogP contribution in [-0.2, 0) is 0 Å². The molecule has 1 fully saturated rings. The number of rotatable bonds is 5. The van der Waals surface area contributed by atoms with E-state index in [4.69, 9.17) is 0 Å². The first-order valence-electron chi connectivity index (χ1n) is 9.72. The predicted molar refractivity (Wildman–Crippen MR) is 114 cm³/mol. The lowest BCUT2D eigenvalue weighted by Gasteiger charge is -2.37. The molecule has 9 heteroatoms. The largest absolute Gasteiger partial charge is 0.478 e. The topological polar surface area (TPSA) is 98.7 Å². The summed E-state index contributed by atoms with van der Waals surface area (Å²) in [5, 5.41) is 12.1. The van der Waals surface area contributed by atoms with Crippen molar-refractivity contribution in [1.82, 2.24) is 9.97 Å². The number of aromatic carboxylic acids is 1. The molecule has 0 bridgehead atoms. The second kappa shape index (κ2) is 8.78. The SMILES string of the molecule is O=C(O)c1ccc(N2CCN(c3ncccn3)CC2)c(NC(=O)c2ccc(F)cc2)c1. The molecule has 1 aromatic heterocycles. The minimum atomic E-state index is -1.09. The lowest BCUT2D eigenvalue weighted by atomic mass is 10.1. The average molecular weight is 421 g/mol. The Morgan fingerprint density at radius 3 is 2.16 bits per heavy atom. The van der Waals surface area contributed by atoms with Crippen LogP contribution in [0, 0.1) is 5.82 Å². The molecule has 8 nitrogen and oxygen atoms in total. The van der Waals surface area contributed by atoms with E-state index in [-0.39, 0.29) is 11.1 Å². The Morgan fingerprint density at radius 2 is 1.52 bits per heavy atom. The van der Waals surface area contributed by atoms with E-state index in [0.29, 0.717) is 43.5 Å². The number of amides is 1. The maximum absolute atomic E-state index is 13.2. The number of nitrogens with zero attached hydrogens (tertiary/aromatic N) is 4. The number of nitrogens with one attached hydrogen (secondary N) is 1. The third kappa shape index (κ3) is 4.61. The Morgan fingerprint density at radius 1 is 0.903 bits per heavy atom. The minimum absolute atomic E-state index is 0.0643. The Labute approximate surface area is 178 Å². The summed E-state index contributed by atoms with van der Waals surface area (Å²) >= 11 is 0. The molecule has 0 spiro atoms. The van der Waals surface area contributed by atoms with Gasteiger partial charge >= 0.3 is 5.97 Å². The molecule has 0 unspecified atom stereocenters. The molecule has 0 atom stereocenters. The zero-order valence-corrected chi connectivity index (χ0v) is 16.5. The third-order valence-corrected chi connectivity index (χ3v) is 5.05. The van der Waals surface area contributed by atoms with Crippen LogP contribution >= 0.6 is 0 Å². The number of halogens is 1. The van der Waals surface area contributed by atoms with Gasteiger partial charge in [-0.3, -0.25) is 4.79 Å². The Kier molecular flexibility index (Phi) is 5.74. The maximum atomic E-state index is 13.2. The monoisotopic (exact) mass is 421 g/mol. The molecule has 31 heavy (non-hydrogen) atoms. The summed E-state index contributed by atoms with van der Waals surface area (Å²) < 4.78 is 13.2. The van der Waals surface area contributed by atoms with Crippen molar-refractivity contribution in [3.05, 3.63) is 77.9 Å². The molecule has 0 saturated carbocycles. The van der Waals surface area contributed by atoms with Crippen LogP contribution in [0.3, 0.4) is 0 Å². The number of carboxylic acids is 1. The number of carboxylic acid groups (broad SMARTS) is 1. The highest BCUT2D eigenvalue weighted by Gasteiger charge is 2.22. The molecule has 1 saturated heterocycles. The fraction of sp³-hybridized carbons (Fsp3) is 0.182. The zero-order chi connectivity index (χ0) is 21.8. The summed E-state index contributed by atoms with van der Waals surface area (Å²) in [6, 6.07) is 11.6. The third-order valence-electron chi connectivity index (χ3n) is 5.05. The van der Waals surface area contributed by atoms with Crippen molar-refractivity contribution in [1.29, 1.82) is 0 Å². The van der Waals surface area contributed by atoms with Gasteiger partial charge in [-0.05, 0) is 48.5 Å². The van der Waals surface area contributed by atoms with Gasteiger partial charge in [-0.15, -0.1) is 0 Å². The van der Waals surface area contributed by atoms with Gasteiger partial charge in [-0.1, -0.05) is 0 Å². The molecule has 1 amide bonds. The zero-order valence-electron chi connectivity index (χ0n) is 16.5. The first-order chi connectivity index (χ1) is 15.0. The first-order valence-corrected chi connectivity index (χ1v) is 9.72. The van der Waals surface area contributed by atoms with Crippen LogP contribution in [0.2, 0.25) is 0 Å². The van der Waals surface area contributed by atoms with E-state index in [9.17, 15) is 19.1 Å².